The van der Waals surface area contributed by atoms with Crippen LogP contribution in [0.4, 0.5) is 0 Å². The molecule has 1 N–H and O–H groups in total. The molecule has 3 nitrogen and oxygen atoms in total. The van der Waals surface area contributed by atoms with Crippen LogP contribution in [0.2, 0.25) is 0 Å². The molecule has 0 aromatic heterocycles. The number of rotatable bonds is 7. The molecular weight excluding hydrogens is 262 g/mol. The van der Waals surface area contributed by atoms with Crippen LogP contribution in [0.5, 0.6) is 0 Å². The number of hydrogen-bond donors (Lipinski definition) is 1. The number of carbonyl (C=O) groups is 1. The van der Waals surface area contributed by atoms with Gasteiger partial charge in [0.15, 0.2) is 0 Å². The average molecular weight is 289 g/mol. The van der Waals surface area contributed by atoms with Crippen molar-refractivity contribution < 1.29 is 9.90 Å². The van der Waals surface area contributed by atoms with Crippen LogP contribution in [0.25, 0.3) is 0 Å². The summed E-state index contributed by atoms with van der Waals surface area (Å²) in [4.78, 5) is 13.2. The lowest BCUT2D eigenvalue weighted by Crippen LogP contribution is -2.24. The fraction of sp³-hybridized carbons (Fsp3) is 0.611. The molecule has 3 heteroatoms. The van der Waals surface area contributed by atoms with Crippen molar-refractivity contribution in [3.05, 3.63) is 35.4 Å². The third-order valence-corrected chi connectivity index (χ3v) is 4.63. The number of nitrogens with zero attached hydrogens (tertiary/aromatic N) is 1. The Kier molecular flexibility index (Phi) is 5.80. The molecule has 2 unspecified atom stereocenters. The minimum atomic E-state index is -0.673. The Balaban J connectivity index is 1.88. The maximum absolute atomic E-state index is 10.7. The molecule has 1 aromatic rings. The Bertz CT molecular complexity index is 455. The zero-order valence-corrected chi connectivity index (χ0v) is 13.2. The third kappa shape index (κ3) is 4.57. The molecule has 21 heavy (non-hydrogen) atoms. The Morgan fingerprint density at radius 3 is 2.71 bits per heavy atom. The quantitative estimate of drug-likeness (QED) is 0.828. The van der Waals surface area contributed by atoms with Crippen LogP contribution in [-0.2, 0) is 11.2 Å². The average Bonchev–Trinajstić information content (AvgIpc) is 2.94. The van der Waals surface area contributed by atoms with Gasteiger partial charge in [-0.05, 0) is 49.8 Å². The second kappa shape index (κ2) is 7.60. The maximum atomic E-state index is 10.7. The second-order valence-corrected chi connectivity index (χ2v) is 6.25. The lowest BCUT2D eigenvalue weighted by molar-refractivity contribution is -0.137. The van der Waals surface area contributed by atoms with Gasteiger partial charge in [-0.2, -0.15) is 0 Å². The number of hydrogen-bond acceptors (Lipinski definition) is 2. The number of aliphatic carboxylic acids is 1. The van der Waals surface area contributed by atoms with Gasteiger partial charge >= 0.3 is 5.97 Å². The molecule has 0 spiro atoms. The minimum absolute atomic E-state index is 0.304. The van der Waals surface area contributed by atoms with E-state index in [1.165, 1.54) is 17.5 Å². The highest BCUT2D eigenvalue weighted by Crippen LogP contribution is 2.29. The number of carboxylic acid groups (broad SMARTS) is 1. The molecule has 0 amide bonds. The zero-order chi connectivity index (χ0) is 15.2. The van der Waals surface area contributed by atoms with Crippen molar-refractivity contribution in [2.24, 2.45) is 5.92 Å². The molecule has 116 valence electrons. The van der Waals surface area contributed by atoms with E-state index in [0.717, 1.165) is 32.4 Å². The molecule has 1 heterocycles. The summed E-state index contributed by atoms with van der Waals surface area (Å²) in [6.07, 6.45) is 4.58. The van der Waals surface area contributed by atoms with E-state index in [2.05, 4.69) is 43.0 Å². The van der Waals surface area contributed by atoms with E-state index < -0.39 is 5.97 Å². The molecule has 0 bridgehead atoms. The van der Waals surface area contributed by atoms with Crippen molar-refractivity contribution in [3.8, 4) is 0 Å². The van der Waals surface area contributed by atoms with E-state index in [4.69, 9.17) is 5.11 Å². The van der Waals surface area contributed by atoms with E-state index in [1.807, 2.05) is 0 Å². The van der Waals surface area contributed by atoms with Gasteiger partial charge in [-0.15, -0.1) is 0 Å². The fourth-order valence-electron chi connectivity index (χ4n) is 3.24. The van der Waals surface area contributed by atoms with Crippen molar-refractivity contribution >= 4 is 5.97 Å². The van der Waals surface area contributed by atoms with Gasteiger partial charge < -0.3 is 5.11 Å². The molecule has 2 rings (SSSR count). The van der Waals surface area contributed by atoms with Crippen LogP contribution < -0.4 is 0 Å². The molecule has 2 atom stereocenters. The smallest absolute Gasteiger partial charge is 0.303 e. The van der Waals surface area contributed by atoms with Crippen LogP contribution >= 0.6 is 0 Å². The van der Waals surface area contributed by atoms with Gasteiger partial charge in [0, 0.05) is 19.0 Å². The monoisotopic (exact) mass is 289 g/mol. The lowest BCUT2D eigenvalue weighted by atomic mass is 10.0. The van der Waals surface area contributed by atoms with E-state index in [-0.39, 0.29) is 0 Å². The Hall–Kier alpha value is -1.35. The first-order valence-electron chi connectivity index (χ1n) is 8.14. The van der Waals surface area contributed by atoms with Crippen LogP contribution in [0, 0.1) is 5.92 Å². The molecule has 1 aliphatic rings. The summed E-state index contributed by atoms with van der Waals surface area (Å²) in [6.45, 7) is 6.58. The van der Waals surface area contributed by atoms with E-state index in [1.54, 1.807) is 0 Å². The Morgan fingerprint density at radius 2 is 2.10 bits per heavy atom. The molecule has 1 saturated heterocycles. The molecule has 1 aromatic carbocycles. The summed E-state index contributed by atoms with van der Waals surface area (Å²) < 4.78 is 0. The van der Waals surface area contributed by atoms with Gasteiger partial charge in [-0.1, -0.05) is 37.6 Å². The van der Waals surface area contributed by atoms with Crippen molar-refractivity contribution in [1.29, 1.82) is 0 Å². The Labute approximate surface area is 128 Å². The first-order valence-corrected chi connectivity index (χ1v) is 8.14. The SMILES string of the molecule is CCCc1ccc(C(C)N2CCC(CCC(=O)O)C2)cc1. The summed E-state index contributed by atoms with van der Waals surface area (Å²) in [6, 6.07) is 9.41. The normalized spacial score (nSPS) is 20.6. The lowest BCUT2D eigenvalue weighted by Gasteiger charge is -2.25. The maximum Gasteiger partial charge on any atom is 0.303 e. The van der Waals surface area contributed by atoms with Gasteiger partial charge in [-0.25, -0.2) is 0 Å². The summed E-state index contributed by atoms with van der Waals surface area (Å²) in [5, 5.41) is 8.78. The molecule has 0 saturated carbocycles. The van der Waals surface area contributed by atoms with Gasteiger partial charge in [0.05, 0.1) is 0 Å². The highest BCUT2D eigenvalue weighted by molar-refractivity contribution is 5.66. The number of aryl methyl sites for hydroxylation is 1. The van der Waals surface area contributed by atoms with E-state index in [0.29, 0.717) is 18.4 Å². The summed E-state index contributed by atoms with van der Waals surface area (Å²) >= 11 is 0. The van der Waals surface area contributed by atoms with Gasteiger partial charge in [0.2, 0.25) is 0 Å². The highest BCUT2D eigenvalue weighted by atomic mass is 16.4. The van der Waals surface area contributed by atoms with Crippen LogP contribution in [0.3, 0.4) is 0 Å². The summed E-state index contributed by atoms with van der Waals surface area (Å²) in [5.74, 6) is -0.129. The fourth-order valence-corrected chi connectivity index (χ4v) is 3.24. The van der Waals surface area contributed by atoms with E-state index >= 15 is 0 Å². The van der Waals surface area contributed by atoms with Crippen LogP contribution in [0.1, 0.15) is 56.7 Å². The van der Waals surface area contributed by atoms with Crippen LogP contribution in [-0.4, -0.2) is 29.1 Å². The Morgan fingerprint density at radius 1 is 1.38 bits per heavy atom. The highest BCUT2D eigenvalue weighted by Gasteiger charge is 2.26. The van der Waals surface area contributed by atoms with Gasteiger partial charge in [0.1, 0.15) is 0 Å². The molecular formula is C18H27NO2. The molecule has 1 aliphatic heterocycles. The van der Waals surface area contributed by atoms with Crippen molar-refractivity contribution in [2.75, 3.05) is 13.1 Å². The van der Waals surface area contributed by atoms with Crippen molar-refractivity contribution in [1.82, 2.24) is 4.90 Å². The number of carboxylic acids is 1. The largest absolute Gasteiger partial charge is 0.481 e. The van der Waals surface area contributed by atoms with Crippen LogP contribution in [0.15, 0.2) is 24.3 Å². The topological polar surface area (TPSA) is 40.5 Å². The molecule has 0 radical (unpaired) electrons. The summed E-state index contributed by atoms with van der Waals surface area (Å²) in [7, 11) is 0. The summed E-state index contributed by atoms with van der Waals surface area (Å²) in [5.41, 5.74) is 2.78. The molecule has 1 fully saturated rings. The third-order valence-electron chi connectivity index (χ3n) is 4.63. The van der Waals surface area contributed by atoms with E-state index in [9.17, 15) is 4.79 Å². The standard InChI is InChI=1S/C18H27NO2/c1-3-4-15-5-8-17(9-6-15)14(2)19-12-11-16(13-19)7-10-18(20)21/h5-6,8-9,14,16H,3-4,7,10-13H2,1-2H3,(H,20,21). The van der Waals surface area contributed by atoms with Crippen molar-refractivity contribution in [2.45, 2.75) is 52.0 Å². The first kappa shape index (κ1) is 16.0. The second-order valence-electron chi connectivity index (χ2n) is 6.25. The van der Waals surface area contributed by atoms with Gasteiger partial charge in [-0.3, -0.25) is 9.69 Å². The first-order chi connectivity index (χ1) is 10.1. The van der Waals surface area contributed by atoms with Gasteiger partial charge in [0.25, 0.3) is 0 Å². The predicted molar refractivity (Wildman–Crippen MR) is 85.4 cm³/mol. The molecule has 0 aliphatic carbocycles. The predicted octanol–water partition coefficient (Wildman–Crippen LogP) is 3.89. The minimum Gasteiger partial charge on any atom is -0.481 e. The zero-order valence-electron chi connectivity index (χ0n) is 13.2. The number of benzene rings is 1. The van der Waals surface area contributed by atoms with Crippen molar-refractivity contribution in [3.63, 3.8) is 0 Å². The number of likely N-dealkylation sites (tertiary alicyclic amines) is 1.